The van der Waals surface area contributed by atoms with Crippen molar-refractivity contribution in [1.82, 2.24) is 10.3 Å². The molecule has 2 N–H and O–H groups in total. The average Bonchev–Trinajstić information content (AvgIpc) is 2.31. The number of aliphatic hydroxyl groups is 1. The van der Waals surface area contributed by atoms with Gasteiger partial charge in [0.25, 0.3) is 0 Å². The van der Waals surface area contributed by atoms with Crippen LogP contribution in [0.5, 0.6) is 0 Å². The molecule has 15 heavy (non-hydrogen) atoms. The molecule has 0 saturated heterocycles. The Bertz CT molecular complexity index is 256. The maximum absolute atomic E-state index is 9.14. The van der Waals surface area contributed by atoms with Gasteiger partial charge in [-0.15, -0.1) is 11.8 Å². The van der Waals surface area contributed by atoms with Crippen molar-refractivity contribution in [3.8, 4) is 0 Å². The molecule has 0 aliphatic heterocycles. The van der Waals surface area contributed by atoms with Gasteiger partial charge < -0.3 is 10.4 Å². The van der Waals surface area contributed by atoms with E-state index in [4.69, 9.17) is 5.11 Å². The number of pyridine rings is 1. The van der Waals surface area contributed by atoms with Crippen molar-refractivity contribution < 1.29 is 5.11 Å². The first kappa shape index (κ1) is 12.5. The summed E-state index contributed by atoms with van der Waals surface area (Å²) in [5.41, 5.74) is 0. The first-order valence-electron chi connectivity index (χ1n) is 5.24. The first-order chi connectivity index (χ1) is 7.36. The molecule has 1 heterocycles. The van der Waals surface area contributed by atoms with Crippen molar-refractivity contribution in [3.05, 3.63) is 24.5 Å². The number of aliphatic hydroxyl groups excluding tert-OH is 1. The summed E-state index contributed by atoms with van der Waals surface area (Å²) in [7, 11) is 0. The monoisotopic (exact) mass is 226 g/mol. The number of hydrogen-bond donors (Lipinski definition) is 2. The van der Waals surface area contributed by atoms with E-state index in [-0.39, 0.29) is 12.6 Å². The van der Waals surface area contributed by atoms with Crippen molar-refractivity contribution in [2.75, 3.05) is 18.9 Å². The SMILES string of the molecule is CCCNC(CO)CSc1ccncc1. The molecule has 3 nitrogen and oxygen atoms in total. The summed E-state index contributed by atoms with van der Waals surface area (Å²) in [5, 5.41) is 12.4. The van der Waals surface area contributed by atoms with Gasteiger partial charge in [0.1, 0.15) is 0 Å². The molecule has 1 aromatic heterocycles. The smallest absolute Gasteiger partial charge is 0.0592 e. The summed E-state index contributed by atoms with van der Waals surface area (Å²) in [6.07, 6.45) is 4.67. The summed E-state index contributed by atoms with van der Waals surface area (Å²) < 4.78 is 0. The maximum Gasteiger partial charge on any atom is 0.0592 e. The van der Waals surface area contributed by atoms with Crippen LogP contribution < -0.4 is 5.32 Å². The van der Waals surface area contributed by atoms with Crippen LogP contribution >= 0.6 is 11.8 Å². The third-order valence-corrected chi connectivity index (χ3v) is 3.18. The zero-order valence-corrected chi connectivity index (χ0v) is 9.83. The fourth-order valence-electron chi connectivity index (χ4n) is 1.16. The molecule has 0 aromatic carbocycles. The van der Waals surface area contributed by atoms with E-state index >= 15 is 0 Å². The van der Waals surface area contributed by atoms with E-state index in [1.165, 1.54) is 4.90 Å². The molecule has 0 aliphatic rings. The Hall–Kier alpha value is -0.580. The third-order valence-electron chi connectivity index (χ3n) is 2.00. The van der Waals surface area contributed by atoms with Crippen LogP contribution in [-0.2, 0) is 0 Å². The minimum atomic E-state index is 0.183. The van der Waals surface area contributed by atoms with E-state index in [1.807, 2.05) is 12.1 Å². The van der Waals surface area contributed by atoms with Gasteiger partial charge >= 0.3 is 0 Å². The predicted octanol–water partition coefficient (Wildman–Crippen LogP) is 1.53. The molecule has 84 valence electrons. The average molecular weight is 226 g/mol. The van der Waals surface area contributed by atoms with Crippen LogP contribution in [0.3, 0.4) is 0 Å². The topological polar surface area (TPSA) is 45.1 Å². The summed E-state index contributed by atoms with van der Waals surface area (Å²) in [6.45, 7) is 3.28. The quantitative estimate of drug-likeness (QED) is 0.692. The molecule has 1 rings (SSSR count). The highest BCUT2D eigenvalue weighted by Gasteiger charge is 2.06. The largest absolute Gasteiger partial charge is 0.395 e. The van der Waals surface area contributed by atoms with E-state index in [1.54, 1.807) is 24.2 Å². The summed E-state index contributed by atoms with van der Waals surface area (Å²) in [6, 6.07) is 4.15. The van der Waals surface area contributed by atoms with E-state index in [0.717, 1.165) is 18.7 Å². The molecule has 0 amide bonds. The van der Waals surface area contributed by atoms with Gasteiger partial charge in [-0.25, -0.2) is 0 Å². The number of nitrogens with one attached hydrogen (secondary N) is 1. The second kappa shape index (κ2) is 7.68. The minimum Gasteiger partial charge on any atom is -0.395 e. The van der Waals surface area contributed by atoms with Crippen molar-refractivity contribution in [2.24, 2.45) is 0 Å². The van der Waals surface area contributed by atoms with Crippen LogP contribution in [0.25, 0.3) is 0 Å². The highest BCUT2D eigenvalue weighted by Crippen LogP contribution is 2.16. The molecule has 0 radical (unpaired) electrons. The maximum atomic E-state index is 9.14. The molecular formula is C11H18N2OS. The molecule has 1 atom stereocenters. The van der Waals surface area contributed by atoms with Crippen molar-refractivity contribution in [3.63, 3.8) is 0 Å². The lowest BCUT2D eigenvalue weighted by Crippen LogP contribution is -2.35. The van der Waals surface area contributed by atoms with Gasteiger partial charge in [0.15, 0.2) is 0 Å². The van der Waals surface area contributed by atoms with Gasteiger partial charge in [0.05, 0.1) is 6.61 Å². The lowest BCUT2D eigenvalue weighted by molar-refractivity contribution is 0.254. The van der Waals surface area contributed by atoms with Gasteiger partial charge in [-0.2, -0.15) is 0 Å². The van der Waals surface area contributed by atoms with Gasteiger partial charge in [0.2, 0.25) is 0 Å². The van der Waals surface area contributed by atoms with Crippen molar-refractivity contribution in [2.45, 2.75) is 24.3 Å². The molecule has 0 aliphatic carbocycles. The molecule has 4 heteroatoms. The molecule has 0 bridgehead atoms. The zero-order chi connectivity index (χ0) is 10.9. The number of nitrogens with zero attached hydrogens (tertiary/aromatic N) is 1. The standard InChI is InChI=1S/C11H18N2OS/c1-2-5-13-10(8-14)9-15-11-3-6-12-7-4-11/h3-4,6-7,10,13-14H,2,5,8-9H2,1H3. The van der Waals surface area contributed by atoms with Gasteiger partial charge in [-0.1, -0.05) is 6.92 Å². The Kier molecular flexibility index (Phi) is 6.39. The van der Waals surface area contributed by atoms with Crippen molar-refractivity contribution >= 4 is 11.8 Å². The van der Waals surface area contributed by atoms with Crippen LogP contribution in [0, 0.1) is 0 Å². The molecule has 1 aromatic rings. The van der Waals surface area contributed by atoms with E-state index in [9.17, 15) is 0 Å². The molecular weight excluding hydrogens is 208 g/mol. The van der Waals surface area contributed by atoms with Crippen LogP contribution in [0.4, 0.5) is 0 Å². The third kappa shape index (κ3) is 5.16. The minimum absolute atomic E-state index is 0.183. The summed E-state index contributed by atoms with van der Waals surface area (Å²) in [4.78, 5) is 5.16. The van der Waals surface area contributed by atoms with Gasteiger partial charge in [-0.3, -0.25) is 4.98 Å². The lowest BCUT2D eigenvalue weighted by atomic mass is 10.3. The Labute approximate surface area is 95.3 Å². The lowest BCUT2D eigenvalue weighted by Gasteiger charge is -2.14. The summed E-state index contributed by atoms with van der Waals surface area (Å²) in [5.74, 6) is 0.889. The fraction of sp³-hybridized carbons (Fsp3) is 0.545. The molecule has 1 unspecified atom stereocenters. The normalized spacial score (nSPS) is 12.7. The number of aromatic nitrogens is 1. The predicted molar refractivity (Wildman–Crippen MR) is 64.1 cm³/mol. The van der Waals surface area contributed by atoms with Crippen LogP contribution in [-0.4, -0.2) is 35.0 Å². The number of hydrogen-bond acceptors (Lipinski definition) is 4. The zero-order valence-electron chi connectivity index (χ0n) is 9.02. The molecule has 0 saturated carbocycles. The highest BCUT2D eigenvalue weighted by atomic mass is 32.2. The Balaban J connectivity index is 2.28. The van der Waals surface area contributed by atoms with E-state index < -0.39 is 0 Å². The van der Waals surface area contributed by atoms with Gasteiger partial charge in [0, 0.05) is 29.1 Å². The van der Waals surface area contributed by atoms with Crippen LogP contribution in [0.1, 0.15) is 13.3 Å². The molecule has 0 fully saturated rings. The Morgan fingerprint density at radius 1 is 1.47 bits per heavy atom. The molecule has 0 spiro atoms. The fourth-order valence-corrected chi connectivity index (χ4v) is 2.09. The highest BCUT2D eigenvalue weighted by molar-refractivity contribution is 7.99. The Morgan fingerprint density at radius 2 is 2.20 bits per heavy atom. The summed E-state index contributed by atoms with van der Waals surface area (Å²) >= 11 is 1.74. The van der Waals surface area contributed by atoms with Crippen molar-refractivity contribution in [1.29, 1.82) is 0 Å². The van der Waals surface area contributed by atoms with E-state index in [2.05, 4.69) is 17.2 Å². The van der Waals surface area contributed by atoms with Crippen LogP contribution in [0.15, 0.2) is 29.4 Å². The second-order valence-electron chi connectivity index (χ2n) is 3.33. The Morgan fingerprint density at radius 3 is 2.80 bits per heavy atom. The van der Waals surface area contributed by atoms with Gasteiger partial charge in [-0.05, 0) is 25.1 Å². The van der Waals surface area contributed by atoms with E-state index in [0.29, 0.717) is 0 Å². The number of thioether (sulfide) groups is 1. The number of rotatable bonds is 7. The second-order valence-corrected chi connectivity index (χ2v) is 4.42. The first-order valence-corrected chi connectivity index (χ1v) is 6.22. The van der Waals surface area contributed by atoms with Crippen LogP contribution in [0.2, 0.25) is 0 Å².